The third-order valence-corrected chi connectivity index (χ3v) is 3.22. The first-order chi connectivity index (χ1) is 8.72. The Kier molecular flexibility index (Phi) is 2.48. The van der Waals surface area contributed by atoms with E-state index in [9.17, 15) is 0 Å². The molecule has 0 aliphatic carbocycles. The SMILES string of the molecule is CCc1nn(-c2ccccc2Cl)c2n[nH]c(N)c12. The van der Waals surface area contributed by atoms with Crippen LogP contribution in [0, 0.1) is 0 Å². The lowest BCUT2D eigenvalue weighted by Crippen LogP contribution is -1.99. The minimum Gasteiger partial charge on any atom is -0.383 e. The number of nitrogens with zero attached hydrogens (tertiary/aromatic N) is 3. The first-order valence-electron chi connectivity index (χ1n) is 5.68. The van der Waals surface area contributed by atoms with Gasteiger partial charge < -0.3 is 5.73 Å². The molecule has 0 bridgehead atoms. The number of anilines is 1. The van der Waals surface area contributed by atoms with Crippen molar-refractivity contribution in [3.8, 4) is 5.69 Å². The van der Waals surface area contributed by atoms with E-state index in [0.717, 1.165) is 23.2 Å². The van der Waals surface area contributed by atoms with Crippen molar-refractivity contribution in [2.45, 2.75) is 13.3 Å². The average molecular weight is 262 g/mol. The number of hydrogen-bond donors (Lipinski definition) is 2. The lowest BCUT2D eigenvalue weighted by Gasteiger charge is -2.03. The highest BCUT2D eigenvalue weighted by atomic mass is 35.5. The van der Waals surface area contributed by atoms with Gasteiger partial charge in [-0.15, -0.1) is 0 Å². The lowest BCUT2D eigenvalue weighted by molar-refractivity contribution is 0.844. The topological polar surface area (TPSA) is 72.5 Å². The Bertz CT molecular complexity index is 712. The molecule has 0 fully saturated rings. The summed E-state index contributed by atoms with van der Waals surface area (Å²) in [6.45, 7) is 2.03. The van der Waals surface area contributed by atoms with Crippen molar-refractivity contribution in [2.75, 3.05) is 5.73 Å². The van der Waals surface area contributed by atoms with E-state index in [0.29, 0.717) is 16.5 Å². The third kappa shape index (κ3) is 1.48. The molecule has 6 heteroatoms. The molecule has 0 amide bonds. The Morgan fingerprint density at radius 2 is 2.17 bits per heavy atom. The summed E-state index contributed by atoms with van der Waals surface area (Å²) in [7, 11) is 0. The Hall–Kier alpha value is -2.01. The minimum atomic E-state index is 0.542. The van der Waals surface area contributed by atoms with Gasteiger partial charge >= 0.3 is 0 Å². The van der Waals surface area contributed by atoms with Crippen LogP contribution < -0.4 is 5.73 Å². The number of para-hydroxylation sites is 1. The molecule has 0 aliphatic heterocycles. The molecule has 0 unspecified atom stereocenters. The number of hydrogen-bond acceptors (Lipinski definition) is 3. The molecule has 3 aromatic rings. The maximum Gasteiger partial charge on any atom is 0.186 e. The zero-order valence-electron chi connectivity index (χ0n) is 9.81. The first-order valence-corrected chi connectivity index (χ1v) is 6.06. The number of nitrogen functional groups attached to an aromatic ring is 1. The fourth-order valence-corrected chi connectivity index (χ4v) is 2.26. The van der Waals surface area contributed by atoms with Crippen LogP contribution in [0.25, 0.3) is 16.7 Å². The molecule has 1 aromatic carbocycles. The van der Waals surface area contributed by atoms with E-state index in [2.05, 4.69) is 15.3 Å². The second kappa shape index (κ2) is 4.03. The van der Waals surface area contributed by atoms with Gasteiger partial charge in [-0.2, -0.15) is 10.2 Å². The van der Waals surface area contributed by atoms with Gasteiger partial charge in [0.15, 0.2) is 5.65 Å². The van der Waals surface area contributed by atoms with E-state index in [1.807, 2.05) is 31.2 Å². The van der Waals surface area contributed by atoms with Crippen LogP contribution in [0.2, 0.25) is 5.02 Å². The van der Waals surface area contributed by atoms with Crippen LogP contribution in [-0.2, 0) is 6.42 Å². The molecule has 0 saturated heterocycles. The molecule has 2 aromatic heterocycles. The standard InChI is InChI=1S/C12H12ClN5/c1-2-8-10-11(14)15-16-12(10)18(17-8)9-6-4-3-5-7(9)13/h3-6H,2H2,1H3,(H3,14,15,16). The van der Waals surface area contributed by atoms with Gasteiger partial charge in [-0.25, -0.2) is 4.68 Å². The molecule has 0 saturated carbocycles. The van der Waals surface area contributed by atoms with Crippen molar-refractivity contribution in [1.29, 1.82) is 0 Å². The highest BCUT2D eigenvalue weighted by molar-refractivity contribution is 6.32. The number of rotatable bonds is 2. The second-order valence-corrected chi connectivity index (χ2v) is 4.41. The van der Waals surface area contributed by atoms with E-state index in [4.69, 9.17) is 17.3 Å². The summed E-state index contributed by atoms with van der Waals surface area (Å²) >= 11 is 6.19. The Morgan fingerprint density at radius 3 is 2.89 bits per heavy atom. The van der Waals surface area contributed by atoms with Gasteiger partial charge in [0, 0.05) is 0 Å². The van der Waals surface area contributed by atoms with Crippen LogP contribution in [0.4, 0.5) is 5.82 Å². The third-order valence-electron chi connectivity index (χ3n) is 2.90. The Labute approximate surface area is 109 Å². The highest BCUT2D eigenvalue weighted by Crippen LogP contribution is 2.28. The fourth-order valence-electron chi connectivity index (χ4n) is 2.04. The van der Waals surface area contributed by atoms with Gasteiger partial charge in [0.2, 0.25) is 0 Å². The summed E-state index contributed by atoms with van der Waals surface area (Å²) in [5, 5.41) is 13.0. The van der Waals surface area contributed by atoms with Crippen LogP contribution in [-0.4, -0.2) is 20.0 Å². The summed E-state index contributed by atoms with van der Waals surface area (Å²) < 4.78 is 1.73. The minimum absolute atomic E-state index is 0.542. The Balaban J connectivity index is 2.34. The fraction of sp³-hybridized carbons (Fsp3) is 0.167. The quantitative estimate of drug-likeness (QED) is 0.745. The van der Waals surface area contributed by atoms with E-state index < -0.39 is 0 Å². The molecule has 18 heavy (non-hydrogen) atoms. The summed E-state index contributed by atoms with van der Waals surface area (Å²) in [5.74, 6) is 0.542. The number of halogens is 1. The average Bonchev–Trinajstić information content (AvgIpc) is 2.92. The number of nitrogens with two attached hydrogens (primary N) is 1. The van der Waals surface area contributed by atoms with Gasteiger partial charge in [-0.3, -0.25) is 5.10 Å². The number of fused-ring (bicyclic) bond motifs is 1. The van der Waals surface area contributed by atoms with Crippen LogP contribution in [0.5, 0.6) is 0 Å². The maximum atomic E-state index is 6.19. The molecule has 3 N–H and O–H groups in total. The largest absolute Gasteiger partial charge is 0.383 e. The Morgan fingerprint density at radius 1 is 1.39 bits per heavy atom. The zero-order chi connectivity index (χ0) is 12.7. The normalized spacial score (nSPS) is 11.2. The number of benzene rings is 1. The predicted molar refractivity (Wildman–Crippen MR) is 72.0 cm³/mol. The van der Waals surface area contributed by atoms with Crippen LogP contribution in [0.3, 0.4) is 0 Å². The predicted octanol–water partition coefficient (Wildman–Crippen LogP) is 2.55. The monoisotopic (exact) mass is 261 g/mol. The van der Waals surface area contributed by atoms with Crippen molar-refractivity contribution >= 4 is 28.5 Å². The van der Waals surface area contributed by atoms with E-state index in [-0.39, 0.29) is 0 Å². The number of aromatic amines is 1. The van der Waals surface area contributed by atoms with Gasteiger partial charge in [0.25, 0.3) is 0 Å². The smallest absolute Gasteiger partial charge is 0.186 e. The maximum absolute atomic E-state index is 6.19. The molecule has 3 rings (SSSR count). The molecule has 0 spiro atoms. The molecule has 2 heterocycles. The molecular weight excluding hydrogens is 250 g/mol. The van der Waals surface area contributed by atoms with Crippen molar-refractivity contribution < 1.29 is 0 Å². The van der Waals surface area contributed by atoms with Gasteiger partial charge in [-0.1, -0.05) is 30.7 Å². The molecule has 0 aliphatic rings. The van der Waals surface area contributed by atoms with Gasteiger partial charge in [0.05, 0.1) is 21.8 Å². The summed E-state index contributed by atoms with van der Waals surface area (Å²) in [5.41, 5.74) is 8.30. The number of H-pyrrole nitrogens is 1. The molecule has 0 atom stereocenters. The summed E-state index contributed by atoms with van der Waals surface area (Å²) in [4.78, 5) is 0. The lowest BCUT2D eigenvalue weighted by atomic mass is 10.2. The van der Waals surface area contributed by atoms with Crippen molar-refractivity contribution in [1.82, 2.24) is 20.0 Å². The zero-order valence-corrected chi connectivity index (χ0v) is 10.6. The second-order valence-electron chi connectivity index (χ2n) is 4.00. The molecule has 5 nitrogen and oxygen atoms in total. The number of aromatic nitrogens is 4. The van der Waals surface area contributed by atoms with Crippen LogP contribution >= 0.6 is 11.6 Å². The molecule has 92 valence electrons. The van der Waals surface area contributed by atoms with Gasteiger partial charge in [-0.05, 0) is 18.6 Å². The molecule has 0 radical (unpaired) electrons. The van der Waals surface area contributed by atoms with Crippen molar-refractivity contribution in [3.05, 3.63) is 35.0 Å². The van der Waals surface area contributed by atoms with Crippen LogP contribution in [0.1, 0.15) is 12.6 Å². The summed E-state index contributed by atoms with van der Waals surface area (Å²) in [6.07, 6.45) is 0.789. The first kappa shape index (κ1) is 11.1. The number of aryl methyl sites for hydroxylation is 1. The summed E-state index contributed by atoms with van der Waals surface area (Å²) in [6, 6.07) is 7.52. The van der Waals surface area contributed by atoms with Crippen molar-refractivity contribution in [3.63, 3.8) is 0 Å². The van der Waals surface area contributed by atoms with E-state index in [1.165, 1.54) is 0 Å². The molecular formula is C12H12ClN5. The van der Waals surface area contributed by atoms with E-state index in [1.54, 1.807) is 4.68 Å². The van der Waals surface area contributed by atoms with E-state index >= 15 is 0 Å². The van der Waals surface area contributed by atoms with Crippen molar-refractivity contribution in [2.24, 2.45) is 0 Å². The number of nitrogens with one attached hydrogen (secondary N) is 1. The van der Waals surface area contributed by atoms with Gasteiger partial charge in [0.1, 0.15) is 5.82 Å². The van der Waals surface area contributed by atoms with Crippen LogP contribution in [0.15, 0.2) is 24.3 Å². The highest BCUT2D eigenvalue weighted by Gasteiger charge is 2.17.